The van der Waals surface area contributed by atoms with E-state index in [9.17, 15) is 72.9 Å². The van der Waals surface area contributed by atoms with Crippen molar-refractivity contribution in [1.82, 2.24) is 57.3 Å². The first-order chi connectivity index (χ1) is 40.0. The number of fused-ring (bicyclic) bond motifs is 5. The number of nitrogens with one attached hydrogen (secondary N) is 9. The topological polar surface area (TPSA) is 442 Å². The van der Waals surface area contributed by atoms with Crippen molar-refractivity contribution in [1.29, 1.82) is 0 Å². The van der Waals surface area contributed by atoms with Crippen LogP contribution in [0.25, 0.3) is 10.9 Å². The van der Waals surface area contributed by atoms with E-state index in [1.54, 1.807) is 26.0 Å². The second-order valence-electron chi connectivity index (χ2n) is 21.0. The molecule has 4 aliphatic rings. The van der Waals surface area contributed by atoms with Gasteiger partial charge in [-0.2, -0.15) is 11.8 Å². The molecule has 5 heterocycles. The lowest BCUT2D eigenvalue weighted by Gasteiger charge is -2.32. The highest BCUT2D eigenvalue weighted by Gasteiger charge is 2.45. The van der Waals surface area contributed by atoms with Gasteiger partial charge in [-0.25, -0.2) is 0 Å². The SMILES string of the molecule is CC[C@H](C)[C@@H]1NC(=O)CNC(=O)C2Cc3c([nH]c4c(CSCCNC(=O)CCCCCN5C(=O)C=CC5=O)c(OC)ccc34)[S+]([O-])C[C@H](NC(=O)CNC1=O)C(=O)N[C@@H](CC(N)=O)C(=O)N1C[C@H](O)CC1C(=O)N[C@@H]([C@@H](C)[C@@H](O)CO)C(=O)N2. The molecule has 0 aliphatic carbocycles. The second kappa shape index (κ2) is 30.5. The summed E-state index contributed by atoms with van der Waals surface area (Å²) in [7, 11) is 1.41. The lowest BCUT2D eigenvalue weighted by molar-refractivity contribution is -0.144. The third kappa shape index (κ3) is 16.9. The Hall–Kier alpha value is -7.32. The highest BCUT2D eigenvalue weighted by atomic mass is 32.2. The fourth-order valence-corrected chi connectivity index (χ4v) is 12.3. The first kappa shape index (κ1) is 65.8. The summed E-state index contributed by atoms with van der Waals surface area (Å²) < 4.78 is 21.0. The molecule has 2 bridgehead atoms. The summed E-state index contributed by atoms with van der Waals surface area (Å²) in [5.74, 6) is -12.2. The molecule has 3 unspecified atom stereocenters. The predicted molar refractivity (Wildman–Crippen MR) is 301 cm³/mol. The van der Waals surface area contributed by atoms with Gasteiger partial charge < -0.3 is 82.8 Å². The first-order valence-corrected chi connectivity index (χ1v) is 30.0. The summed E-state index contributed by atoms with van der Waals surface area (Å²) >= 11 is -1.10. The number of hydrogen-bond acceptors (Lipinski definition) is 18. The third-order valence-electron chi connectivity index (χ3n) is 15.0. The van der Waals surface area contributed by atoms with Crippen molar-refractivity contribution in [2.45, 2.75) is 131 Å². The van der Waals surface area contributed by atoms with Gasteiger partial charge in [-0.1, -0.05) is 33.6 Å². The van der Waals surface area contributed by atoms with E-state index in [1.165, 1.54) is 37.9 Å². The first-order valence-electron chi connectivity index (χ1n) is 27.5. The maximum absolute atomic E-state index is 15.3. The van der Waals surface area contributed by atoms with E-state index in [1.807, 2.05) is 0 Å². The lowest BCUT2D eigenvalue weighted by atomic mass is 9.93. The van der Waals surface area contributed by atoms with Crippen LogP contribution in [-0.4, -0.2) is 212 Å². The van der Waals surface area contributed by atoms with Gasteiger partial charge in [0, 0.05) is 96.2 Å². The lowest BCUT2D eigenvalue weighted by Crippen LogP contribution is -2.62. The zero-order valence-corrected chi connectivity index (χ0v) is 48.6. The molecule has 12 amide bonds. The van der Waals surface area contributed by atoms with Crippen LogP contribution in [0, 0.1) is 11.8 Å². The number of ether oxygens (including phenoxy) is 1. The van der Waals surface area contributed by atoms with E-state index in [0.717, 1.165) is 9.80 Å². The van der Waals surface area contributed by atoms with E-state index >= 15 is 4.55 Å². The van der Waals surface area contributed by atoms with Gasteiger partial charge in [0.15, 0.2) is 6.04 Å². The van der Waals surface area contributed by atoms with Crippen LogP contribution in [-0.2, 0) is 80.9 Å². The van der Waals surface area contributed by atoms with Gasteiger partial charge in [0.1, 0.15) is 41.7 Å². The maximum Gasteiger partial charge on any atom is 0.253 e. The van der Waals surface area contributed by atoms with Crippen LogP contribution < -0.4 is 53.0 Å². The summed E-state index contributed by atoms with van der Waals surface area (Å²) in [5, 5.41) is 52.3. The number of methoxy groups -OCH3 is 1. The molecular weight excluding hydrogens is 1140 g/mol. The fraction of sp³-hybridized carbons (Fsp3) is 0.585. The van der Waals surface area contributed by atoms with E-state index in [2.05, 4.69) is 47.5 Å². The highest BCUT2D eigenvalue weighted by molar-refractivity contribution is 7.98. The summed E-state index contributed by atoms with van der Waals surface area (Å²) in [6.45, 7) is 2.12. The van der Waals surface area contributed by atoms with Gasteiger partial charge in [0.25, 0.3) is 11.8 Å². The van der Waals surface area contributed by atoms with Crippen molar-refractivity contribution < 1.29 is 82.1 Å². The van der Waals surface area contributed by atoms with Gasteiger partial charge in [-0.15, -0.1) is 0 Å². The molecule has 6 rings (SSSR count). The molecule has 1 fully saturated rings. The molecule has 460 valence electrons. The molecule has 84 heavy (non-hydrogen) atoms. The number of aliphatic hydroxyl groups excluding tert-OH is 3. The smallest absolute Gasteiger partial charge is 0.253 e. The molecule has 14 N–H and O–H groups in total. The molecule has 1 saturated heterocycles. The van der Waals surface area contributed by atoms with Gasteiger partial charge in [-0.05, 0) is 30.9 Å². The Morgan fingerprint density at radius 2 is 1.56 bits per heavy atom. The number of thioether (sulfide) groups is 1. The number of aromatic amines is 1. The number of imide groups is 1. The number of unbranched alkanes of at least 4 members (excludes halogenated alkanes) is 2. The Balaban J connectivity index is 1.43. The monoisotopic (exact) mass is 1210 g/mol. The van der Waals surface area contributed by atoms with Crippen molar-refractivity contribution in [2.75, 3.05) is 57.9 Å². The number of amides is 12. The molecule has 29 nitrogen and oxygen atoms in total. The van der Waals surface area contributed by atoms with Crippen LogP contribution in [0.5, 0.6) is 5.75 Å². The zero-order valence-electron chi connectivity index (χ0n) is 46.9. The van der Waals surface area contributed by atoms with Gasteiger partial charge in [0.2, 0.25) is 64.1 Å². The number of carbonyl (C=O) groups excluding carboxylic acids is 12. The van der Waals surface area contributed by atoms with Gasteiger partial charge >= 0.3 is 0 Å². The van der Waals surface area contributed by atoms with Crippen LogP contribution in [0.3, 0.4) is 0 Å². The van der Waals surface area contributed by atoms with Crippen LogP contribution in [0.1, 0.15) is 76.8 Å². The molecule has 11 atom stereocenters. The minimum absolute atomic E-state index is 0.0860. The molecule has 2 aromatic rings. The number of aromatic nitrogens is 1. The molecule has 1 aromatic heterocycles. The number of aliphatic hydroxyl groups is 3. The van der Waals surface area contributed by atoms with Crippen molar-refractivity contribution >= 4 is 105 Å². The summed E-state index contributed by atoms with van der Waals surface area (Å²) in [5.41, 5.74) is 6.44. The highest BCUT2D eigenvalue weighted by Crippen LogP contribution is 2.37. The fourth-order valence-electron chi connectivity index (χ4n) is 10.1. The van der Waals surface area contributed by atoms with Crippen molar-refractivity contribution in [3.8, 4) is 5.75 Å². The normalized spacial score (nSPS) is 25.3. The number of hydrogen-bond donors (Lipinski definition) is 13. The van der Waals surface area contributed by atoms with Gasteiger partial charge in [-0.3, -0.25) is 62.4 Å². The van der Waals surface area contributed by atoms with E-state index < -0.39 is 176 Å². The van der Waals surface area contributed by atoms with Crippen LogP contribution in [0.15, 0.2) is 29.3 Å². The Kier molecular flexibility index (Phi) is 23.9. The molecule has 4 aliphatic heterocycles. The number of rotatable bonds is 19. The number of nitrogens with two attached hydrogens (primary N) is 1. The van der Waals surface area contributed by atoms with E-state index in [-0.39, 0.29) is 53.6 Å². The number of H-pyrrole nitrogens is 1. The van der Waals surface area contributed by atoms with Gasteiger partial charge in [0.05, 0.1) is 51.0 Å². The van der Waals surface area contributed by atoms with Crippen LogP contribution in [0.4, 0.5) is 0 Å². The molecule has 0 spiro atoms. The van der Waals surface area contributed by atoms with E-state index in [0.29, 0.717) is 53.7 Å². The Bertz CT molecular complexity index is 2850. The summed E-state index contributed by atoms with van der Waals surface area (Å²) in [4.78, 5) is 168. The molecule has 1 aromatic carbocycles. The van der Waals surface area contributed by atoms with Crippen molar-refractivity contribution in [3.63, 3.8) is 0 Å². The average Bonchev–Trinajstić information content (AvgIpc) is 4.35. The van der Waals surface area contributed by atoms with Crippen molar-refractivity contribution in [3.05, 3.63) is 35.4 Å². The Labute approximate surface area is 490 Å². The number of benzene rings is 1. The molecular formula is C53H74N12O17S2. The predicted octanol–water partition coefficient (Wildman–Crippen LogP) is -4.78. The van der Waals surface area contributed by atoms with Crippen LogP contribution >= 0.6 is 11.8 Å². The molecule has 31 heteroatoms. The third-order valence-corrected chi connectivity index (χ3v) is 17.4. The Morgan fingerprint density at radius 1 is 0.869 bits per heavy atom. The zero-order chi connectivity index (χ0) is 61.5. The van der Waals surface area contributed by atoms with E-state index in [4.69, 9.17) is 10.5 Å². The second-order valence-corrected chi connectivity index (χ2v) is 23.5. The summed E-state index contributed by atoms with van der Waals surface area (Å²) in [6, 6.07) is -7.06. The molecule has 0 saturated carbocycles. The number of carbonyl (C=O) groups is 12. The largest absolute Gasteiger partial charge is 0.610 e. The summed E-state index contributed by atoms with van der Waals surface area (Å²) in [6.07, 6.45) is -0.343. The standard InChI is InChI=1S/C53H74N12O17S2/c1-5-26(2)44-50(78)57-20-40(71)58-34-25-84(81)52-30(29-10-11-37(82-4)31(46(29)63-52)24-83-16-14-55-39(70)9-7-6-8-15-64-42(73)12-13-43(64)74)18-32(47(75)56-21-41(72)61-44)59-51(79)45(27(3)36(68)23-66)62-49(77)35-17-28(67)22-65(35)53(80)33(19-38(54)69)60-48(34)76/h10-13,26-28,32-36,44-45,63,66-68H,5-9,14-25H2,1-4H3,(H2,54,69)(H,55,70)(H,56,75)(H,57,78)(H,58,71)(H,59,79)(H,60,76)(H,61,72)(H,62,77)/t26-,27-,28+,32?,33-,34-,35?,36-,44-,45-,84?/m0/s1. The average molecular weight is 1220 g/mol. The Morgan fingerprint density at radius 3 is 2.23 bits per heavy atom. The minimum atomic E-state index is -2.46. The maximum atomic E-state index is 15.3. The van der Waals surface area contributed by atoms with Crippen molar-refractivity contribution in [2.24, 2.45) is 17.6 Å². The molecule has 0 radical (unpaired) electrons. The minimum Gasteiger partial charge on any atom is -0.610 e. The quantitative estimate of drug-likeness (QED) is 0.0357. The number of nitrogens with zero attached hydrogens (tertiary/aromatic N) is 2. The number of primary amides is 1. The van der Waals surface area contributed by atoms with Crippen LogP contribution in [0.2, 0.25) is 0 Å².